The van der Waals surface area contributed by atoms with Gasteiger partial charge in [0, 0.05) is 11.1 Å². The summed E-state index contributed by atoms with van der Waals surface area (Å²) in [7, 11) is 0. The molecule has 2 aromatic rings. The van der Waals surface area contributed by atoms with Crippen LogP contribution in [0.25, 0.3) is 0 Å². The molecule has 2 aromatic carbocycles. The molecule has 0 spiro atoms. The molecule has 0 aliphatic carbocycles. The van der Waals surface area contributed by atoms with E-state index in [1.807, 2.05) is 0 Å². The molecule has 0 aliphatic rings. The van der Waals surface area contributed by atoms with E-state index in [4.69, 9.17) is 18.0 Å². The lowest BCUT2D eigenvalue weighted by atomic mass is 10.1. The fourth-order valence-electron chi connectivity index (χ4n) is 1.71. The molecule has 0 atom stereocenters. The zero-order valence-corrected chi connectivity index (χ0v) is 11.3. The van der Waals surface area contributed by atoms with Crippen LogP contribution in [0.2, 0.25) is 0 Å². The fourth-order valence-corrected chi connectivity index (χ4v) is 1.88. The fraction of sp³-hybridized carbons (Fsp3) is 0. The molecule has 100 valence electrons. The topological polar surface area (TPSA) is 63.4 Å². The van der Waals surface area contributed by atoms with Crippen molar-refractivity contribution in [2.45, 2.75) is 0 Å². The standard InChI is InChI=1S/C15H12N2O2S/c16-15(20)17(13(18)11-7-3-1-4-8-11)14(19)12-9-5-2-6-10-12/h1-10H,(H2,16,20). The lowest BCUT2D eigenvalue weighted by Gasteiger charge is -2.18. The molecule has 0 radical (unpaired) electrons. The number of nitrogens with two attached hydrogens (primary N) is 1. The first-order chi connectivity index (χ1) is 9.61. The minimum absolute atomic E-state index is 0.271. The van der Waals surface area contributed by atoms with Gasteiger partial charge in [-0.2, -0.15) is 0 Å². The normalized spacial score (nSPS) is 9.80. The lowest BCUT2D eigenvalue weighted by Crippen LogP contribution is -2.44. The smallest absolute Gasteiger partial charge is 0.267 e. The van der Waals surface area contributed by atoms with Crippen molar-refractivity contribution in [3.63, 3.8) is 0 Å². The van der Waals surface area contributed by atoms with Gasteiger partial charge in [-0.25, -0.2) is 4.90 Å². The van der Waals surface area contributed by atoms with Crippen molar-refractivity contribution in [2.24, 2.45) is 5.73 Å². The second-order valence-electron chi connectivity index (χ2n) is 4.02. The van der Waals surface area contributed by atoms with Gasteiger partial charge in [-0.3, -0.25) is 9.59 Å². The van der Waals surface area contributed by atoms with Crippen LogP contribution in [0.4, 0.5) is 0 Å². The van der Waals surface area contributed by atoms with E-state index < -0.39 is 11.8 Å². The summed E-state index contributed by atoms with van der Waals surface area (Å²) in [5, 5.41) is -0.271. The van der Waals surface area contributed by atoms with Crippen molar-refractivity contribution in [3.8, 4) is 0 Å². The summed E-state index contributed by atoms with van der Waals surface area (Å²) >= 11 is 4.83. The largest absolute Gasteiger partial charge is 0.375 e. The number of amides is 2. The number of hydrogen-bond donors (Lipinski definition) is 1. The maximum atomic E-state index is 12.3. The number of thiocarbonyl (C=S) groups is 1. The van der Waals surface area contributed by atoms with E-state index in [1.165, 1.54) is 0 Å². The second-order valence-corrected chi connectivity index (χ2v) is 4.43. The van der Waals surface area contributed by atoms with Crippen molar-refractivity contribution >= 4 is 29.1 Å². The van der Waals surface area contributed by atoms with Gasteiger partial charge in [0.05, 0.1) is 0 Å². The van der Waals surface area contributed by atoms with Gasteiger partial charge in [0.1, 0.15) is 0 Å². The Bertz CT molecular complexity index is 590. The molecule has 20 heavy (non-hydrogen) atoms. The first-order valence-corrected chi connectivity index (χ1v) is 6.30. The van der Waals surface area contributed by atoms with Crippen molar-refractivity contribution < 1.29 is 9.59 Å². The van der Waals surface area contributed by atoms with Crippen molar-refractivity contribution in [3.05, 3.63) is 71.8 Å². The quantitative estimate of drug-likeness (QED) is 0.678. The average Bonchev–Trinajstić information content (AvgIpc) is 2.48. The summed E-state index contributed by atoms with van der Waals surface area (Å²) in [5.74, 6) is -1.07. The summed E-state index contributed by atoms with van der Waals surface area (Å²) in [6.45, 7) is 0. The van der Waals surface area contributed by atoms with Crippen LogP contribution >= 0.6 is 12.2 Å². The molecule has 0 unspecified atom stereocenters. The Hall–Kier alpha value is -2.53. The summed E-state index contributed by atoms with van der Waals surface area (Å²) in [5.41, 5.74) is 6.23. The zero-order valence-electron chi connectivity index (χ0n) is 10.5. The number of rotatable bonds is 2. The maximum Gasteiger partial charge on any atom is 0.267 e. The minimum Gasteiger partial charge on any atom is -0.375 e. The Balaban J connectivity index is 2.36. The van der Waals surface area contributed by atoms with Gasteiger partial charge in [0.15, 0.2) is 5.11 Å². The SMILES string of the molecule is NC(=S)N(C(=O)c1ccccc1)C(=O)c1ccccc1. The lowest BCUT2D eigenvalue weighted by molar-refractivity contribution is 0.0715. The molecule has 2 amide bonds. The molecule has 2 N–H and O–H groups in total. The highest BCUT2D eigenvalue weighted by atomic mass is 32.1. The number of nitrogens with zero attached hydrogens (tertiary/aromatic N) is 1. The molecule has 5 heteroatoms. The predicted molar refractivity (Wildman–Crippen MR) is 80.2 cm³/mol. The molecular formula is C15H12N2O2S. The molecule has 0 fully saturated rings. The highest BCUT2D eigenvalue weighted by molar-refractivity contribution is 7.80. The van der Waals surface area contributed by atoms with E-state index in [9.17, 15) is 9.59 Å². The number of carbonyl (C=O) groups excluding carboxylic acids is 2. The number of benzene rings is 2. The van der Waals surface area contributed by atoms with E-state index in [1.54, 1.807) is 60.7 Å². The first kappa shape index (κ1) is 13.9. The Morgan fingerprint density at radius 3 is 1.45 bits per heavy atom. The average molecular weight is 284 g/mol. The van der Waals surface area contributed by atoms with Crippen LogP contribution in [0.1, 0.15) is 20.7 Å². The van der Waals surface area contributed by atoms with E-state index in [2.05, 4.69) is 0 Å². The summed E-state index contributed by atoms with van der Waals surface area (Å²) in [6, 6.07) is 16.8. The van der Waals surface area contributed by atoms with Crippen LogP contribution < -0.4 is 5.73 Å². The van der Waals surface area contributed by atoms with Crippen LogP contribution in [-0.2, 0) is 0 Å². The Morgan fingerprint density at radius 1 is 0.800 bits per heavy atom. The molecule has 0 aromatic heterocycles. The monoisotopic (exact) mass is 284 g/mol. The van der Waals surface area contributed by atoms with Gasteiger partial charge in [-0.15, -0.1) is 0 Å². The van der Waals surface area contributed by atoms with Crippen LogP contribution in [0.15, 0.2) is 60.7 Å². The molecule has 0 saturated carbocycles. The summed E-state index contributed by atoms with van der Waals surface area (Å²) in [6.07, 6.45) is 0. The number of carbonyl (C=O) groups is 2. The summed E-state index contributed by atoms with van der Waals surface area (Å²) in [4.78, 5) is 25.5. The van der Waals surface area contributed by atoms with E-state index in [0.29, 0.717) is 11.1 Å². The van der Waals surface area contributed by atoms with Gasteiger partial charge in [0.25, 0.3) is 11.8 Å². The molecule has 0 saturated heterocycles. The predicted octanol–water partition coefficient (Wildman–Crippen LogP) is 2.21. The Labute approximate surface area is 121 Å². The van der Waals surface area contributed by atoms with Gasteiger partial charge in [0.2, 0.25) is 0 Å². The first-order valence-electron chi connectivity index (χ1n) is 5.89. The van der Waals surface area contributed by atoms with Crippen LogP contribution in [0.5, 0.6) is 0 Å². The maximum absolute atomic E-state index is 12.3. The van der Waals surface area contributed by atoms with Crippen LogP contribution in [0.3, 0.4) is 0 Å². The molecular weight excluding hydrogens is 272 g/mol. The van der Waals surface area contributed by atoms with E-state index in [-0.39, 0.29) is 5.11 Å². The third-order valence-corrected chi connectivity index (χ3v) is 2.85. The van der Waals surface area contributed by atoms with Crippen molar-refractivity contribution in [1.82, 2.24) is 4.90 Å². The van der Waals surface area contributed by atoms with Gasteiger partial charge >= 0.3 is 0 Å². The van der Waals surface area contributed by atoms with Crippen molar-refractivity contribution in [1.29, 1.82) is 0 Å². The molecule has 4 nitrogen and oxygen atoms in total. The van der Waals surface area contributed by atoms with Gasteiger partial charge < -0.3 is 5.73 Å². The number of imide groups is 1. The van der Waals surface area contributed by atoms with Gasteiger partial charge in [-0.05, 0) is 36.5 Å². The highest BCUT2D eigenvalue weighted by Gasteiger charge is 2.26. The second kappa shape index (κ2) is 6.08. The van der Waals surface area contributed by atoms with E-state index >= 15 is 0 Å². The molecule has 2 rings (SSSR count). The Morgan fingerprint density at radius 2 is 1.15 bits per heavy atom. The Kier molecular flexibility index (Phi) is 4.22. The minimum atomic E-state index is -0.535. The van der Waals surface area contributed by atoms with Crippen LogP contribution in [0, 0.1) is 0 Å². The highest BCUT2D eigenvalue weighted by Crippen LogP contribution is 2.10. The van der Waals surface area contributed by atoms with E-state index in [0.717, 1.165) is 4.90 Å². The summed E-state index contributed by atoms with van der Waals surface area (Å²) < 4.78 is 0. The van der Waals surface area contributed by atoms with Crippen LogP contribution in [-0.4, -0.2) is 21.8 Å². The van der Waals surface area contributed by atoms with Gasteiger partial charge in [-0.1, -0.05) is 36.4 Å². The van der Waals surface area contributed by atoms with Crippen molar-refractivity contribution in [2.75, 3.05) is 0 Å². The molecule has 0 heterocycles. The molecule has 0 bridgehead atoms. The number of hydrogen-bond acceptors (Lipinski definition) is 3. The zero-order chi connectivity index (χ0) is 14.5. The molecule has 0 aliphatic heterocycles. The third kappa shape index (κ3) is 2.89. The third-order valence-electron chi connectivity index (χ3n) is 2.67.